The first-order valence-electron chi connectivity index (χ1n) is 6.14. The fraction of sp³-hybridized carbons (Fsp3) is 0.125. The van der Waals surface area contributed by atoms with Crippen molar-refractivity contribution >= 4 is 11.3 Å². The van der Waals surface area contributed by atoms with Crippen LogP contribution in [0.4, 0.5) is 18.9 Å². The summed E-state index contributed by atoms with van der Waals surface area (Å²) >= 11 is 0. The van der Waals surface area contributed by atoms with E-state index >= 15 is 0 Å². The topological polar surface area (TPSA) is 26.0 Å². The first-order chi connectivity index (χ1) is 9.47. The summed E-state index contributed by atoms with van der Waals surface area (Å²) in [6.45, 7) is 3.85. The van der Waals surface area contributed by atoms with Crippen molar-refractivity contribution in [1.29, 1.82) is 0 Å². The molecular formula is C16H14F3N. The molecule has 0 spiro atoms. The highest BCUT2D eigenvalue weighted by Crippen LogP contribution is 2.23. The van der Waals surface area contributed by atoms with Gasteiger partial charge in [-0.3, -0.25) is 0 Å². The number of hydrogen-bond acceptors (Lipinski definition) is 1. The van der Waals surface area contributed by atoms with E-state index in [-0.39, 0.29) is 23.5 Å². The maximum Gasteiger partial charge on any atom is 0.131 e. The van der Waals surface area contributed by atoms with Gasteiger partial charge < -0.3 is 5.73 Å². The number of benzene rings is 2. The second-order valence-electron chi connectivity index (χ2n) is 4.57. The molecule has 0 saturated carbocycles. The Balaban J connectivity index is 2.09. The second kappa shape index (κ2) is 5.82. The third-order valence-corrected chi connectivity index (χ3v) is 3.09. The Kier molecular flexibility index (Phi) is 4.13. The van der Waals surface area contributed by atoms with Crippen molar-refractivity contribution in [3.63, 3.8) is 0 Å². The van der Waals surface area contributed by atoms with E-state index in [2.05, 4.69) is 6.58 Å². The maximum atomic E-state index is 13.6. The van der Waals surface area contributed by atoms with Crippen LogP contribution in [0, 0.1) is 17.5 Å². The van der Waals surface area contributed by atoms with Crippen molar-refractivity contribution in [2.24, 2.45) is 0 Å². The van der Waals surface area contributed by atoms with Gasteiger partial charge in [-0.15, -0.1) is 0 Å². The summed E-state index contributed by atoms with van der Waals surface area (Å²) < 4.78 is 40.0. The van der Waals surface area contributed by atoms with Crippen molar-refractivity contribution in [3.8, 4) is 0 Å². The molecule has 4 heteroatoms. The quantitative estimate of drug-likeness (QED) is 0.827. The van der Waals surface area contributed by atoms with Gasteiger partial charge in [0.05, 0.1) is 0 Å². The van der Waals surface area contributed by atoms with Gasteiger partial charge in [0.1, 0.15) is 17.5 Å². The second-order valence-corrected chi connectivity index (χ2v) is 4.57. The lowest BCUT2D eigenvalue weighted by atomic mass is 9.99. The Bertz CT molecular complexity index is 610. The van der Waals surface area contributed by atoms with Gasteiger partial charge in [0.25, 0.3) is 0 Å². The third-order valence-electron chi connectivity index (χ3n) is 3.09. The highest BCUT2D eigenvalue weighted by atomic mass is 19.1. The largest absolute Gasteiger partial charge is 0.399 e. The van der Waals surface area contributed by atoms with E-state index in [0.717, 1.165) is 17.7 Å². The molecule has 104 valence electrons. The van der Waals surface area contributed by atoms with Gasteiger partial charge in [0.2, 0.25) is 0 Å². The van der Waals surface area contributed by atoms with Gasteiger partial charge >= 0.3 is 0 Å². The molecule has 0 aliphatic heterocycles. The minimum Gasteiger partial charge on any atom is -0.399 e. The molecule has 1 nitrogen and oxygen atoms in total. The van der Waals surface area contributed by atoms with Crippen molar-refractivity contribution in [2.45, 2.75) is 12.8 Å². The van der Waals surface area contributed by atoms with Crippen LogP contribution in [0.15, 0.2) is 43.0 Å². The van der Waals surface area contributed by atoms with Gasteiger partial charge in [-0.05, 0) is 48.2 Å². The van der Waals surface area contributed by atoms with Crippen LogP contribution < -0.4 is 5.73 Å². The van der Waals surface area contributed by atoms with Crippen molar-refractivity contribution < 1.29 is 13.2 Å². The third kappa shape index (κ3) is 3.20. The molecule has 0 unspecified atom stereocenters. The smallest absolute Gasteiger partial charge is 0.131 e. The molecule has 0 radical (unpaired) electrons. The van der Waals surface area contributed by atoms with Gasteiger partial charge in [0.15, 0.2) is 0 Å². The van der Waals surface area contributed by atoms with Crippen molar-refractivity contribution in [3.05, 3.63) is 71.6 Å². The Morgan fingerprint density at radius 3 is 2.10 bits per heavy atom. The number of halogens is 3. The lowest BCUT2D eigenvalue weighted by Crippen LogP contribution is -1.99. The molecule has 2 aromatic rings. The summed E-state index contributed by atoms with van der Waals surface area (Å²) in [7, 11) is 0. The highest BCUT2D eigenvalue weighted by Gasteiger charge is 2.11. The molecular weight excluding hydrogens is 263 g/mol. The highest BCUT2D eigenvalue weighted by molar-refractivity contribution is 5.63. The van der Waals surface area contributed by atoms with E-state index in [1.54, 1.807) is 12.1 Å². The van der Waals surface area contributed by atoms with Gasteiger partial charge in [-0.25, -0.2) is 13.2 Å². The van der Waals surface area contributed by atoms with Gasteiger partial charge in [-0.2, -0.15) is 0 Å². The molecule has 0 fully saturated rings. The summed E-state index contributed by atoms with van der Waals surface area (Å²) in [4.78, 5) is 0. The van der Waals surface area contributed by atoms with Crippen LogP contribution in [0.2, 0.25) is 0 Å². The minimum absolute atomic E-state index is 0.0116. The van der Waals surface area contributed by atoms with Crippen LogP contribution in [0.1, 0.15) is 17.5 Å². The average Bonchev–Trinajstić information content (AvgIpc) is 2.38. The summed E-state index contributed by atoms with van der Waals surface area (Å²) in [6, 6.07) is 8.02. The molecule has 2 rings (SSSR count). The van der Waals surface area contributed by atoms with Crippen LogP contribution in [-0.4, -0.2) is 0 Å². The summed E-state index contributed by atoms with van der Waals surface area (Å²) in [5.41, 5.74) is 6.85. The van der Waals surface area contributed by atoms with E-state index in [9.17, 15) is 13.2 Å². The summed E-state index contributed by atoms with van der Waals surface area (Å²) in [5.74, 6) is -1.65. The Labute approximate surface area is 115 Å². The van der Waals surface area contributed by atoms with Crippen LogP contribution >= 0.6 is 0 Å². The molecule has 0 heterocycles. The molecule has 0 aliphatic carbocycles. The number of nitrogens with two attached hydrogens (primary N) is 1. The number of anilines is 1. The fourth-order valence-corrected chi connectivity index (χ4v) is 1.97. The molecule has 0 atom stereocenters. The fourth-order valence-electron chi connectivity index (χ4n) is 1.97. The molecule has 20 heavy (non-hydrogen) atoms. The standard InChI is InChI=1S/C16H14F3N/c1-10(11-3-5-12(17)6-4-11)2-7-14-15(18)8-13(20)9-16(14)19/h3-6,8-9H,1-2,7,20H2. The molecule has 2 aromatic carbocycles. The Hall–Kier alpha value is -2.23. The first kappa shape index (κ1) is 14.2. The van der Waals surface area contributed by atoms with Crippen LogP contribution in [0.5, 0.6) is 0 Å². The van der Waals surface area contributed by atoms with Gasteiger partial charge in [-0.1, -0.05) is 18.7 Å². The van der Waals surface area contributed by atoms with Crippen molar-refractivity contribution in [1.82, 2.24) is 0 Å². The predicted molar refractivity (Wildman–Crippen MR) is 74.5 cm³/mol. The van der Waals surface area contributed by atoms with Crippen LogP contribution in [-0.2, 0) is 6.42 Å². The summed E-state index contributed by atoms with van der Waals surface area (Å²) in [6.07, 6.45) is 0.553. The number of nitrogen functional groups attached to an aromatic ring is 1. The molecule has 0 amide bonds. The summed E-state index contributed by atoms with van der Waals surface area (Å²) in [5, 5.41) is 0. The molecule has 0 bridgehead atoms. The molecule has 0 aromatic heterocycles. The number of rotatable bonds is 4. The minimum atomic E-state index is -0.658. The van der Waals surface area contributed by atoms with E-state index in [4.69, 9.17) is 5.73 Å². The Morgan fingerprint density at radius 1 is 1.00 bits per heavy atom. The monoisotopic (exact) mass is 277 g/mol. The lowest BCUT2D eigenvalue weighted by Gasteiger charge is -2.09. The maximum absolute atomic E-state index is 13.6. The predicted octanol–water partition coefficient (Wildman–Crippen LogP) is 4.33. The van der Waals surface area contributed by atoms with Gasteiger partial charge in [0, 0.05) is 11.3 Å². The number of allylic oxidation sites excluding steroid dienone is 1. The van der Waals surface area contributed by atoms with E-state index in [1.807, 2.05) is 0 Å². The van der Waals surface area contributed by atoms with Crippen molar-refractivity contribution in [2.75, 3.05) is 5.73 Å². The number of hydrogen-bond donors (Lipinski definition) is 1. The molecule has 0 aliphatic rings. The zero-order chi connectivity index (χ0) is 14.7. The SMILES string of the molecule is C=C(CCc1c(F)cc(N)cc1F)c1ccc(F)cc1. The zero-order valence-electron chi connectivity index (χ0n) is 10.8. The Morgan fingerprint density at radius 2 is 1.55 bits per heavy atom. The van der Waals surface area contributed by atoms with E-state index < -0.39 is 11.6 Å². The molecule has 0 saturated heterocycles. The zero-order valence-corrected chi connectivity index (χ0v) is 10.8. The normalized spacial score (nSPS) is 10.6. The first-order valence-corrected chi connectivity index (χ1v) is 6.14. The van der Waals surface area contributed by atoms with E-state index in [1.165, 1.54) is 12.1 Å². The van der Waals surface area contributed by atoms with E-state index in [0.29, 0.717) is 12.0 Å². The average molecular weight is 277 g/mol. The lowest BCUT2D eigenvalue weighted by molar-refractivity contribution is 0.557. The van der Waals surface area contributed by atoms with Crippen LogP contribution in [0.3, 0.4) is 0 Å². The molecule has 2 N–H and O–H groups in total. The van der Waals surface area contributed by atoms with Crippen LogP contribution in [0.25, 0.3) is 5.57 Å².